The molecule has 0 fully saturated rings. The smallest absolute Gasteiger partial charge is 0.225 e. The number of pyridine rings is 1. The van der Waals surface area contributed by atoms with Crippen molar-refractivity contribution in [3.05, 3.63) is 17.3 Å². The molecule has 0 saturated heterocycles. The second-order valence-corrected chi connectivity index (χ2v) is 3.26. The first-order valence-corrected chi connectivity index (χ1v) is 4.78. The normalized spacial score (nSPS) is 10.5. The maximum Gasteiger partial charge on any atom is 0.225 e. The van der Waals surface area contributed by atoms with E-state index in [1.54, 1.807) is 12.1 Å². The Balaban J connectivity index is 2.48. The number of aryl methyl sites for hydroxylation is 1. The van der Waals surface area contributed by atoms with Crippen LogP contribution in [0.3, 0.4) is 0 Å². The molecule has 15 heavy (non-hydrogen) atoms. The summed E-state index contributed by atoms with van der Waals surface area (Å²) in [7, 11) is 0. The van der Waals surface area contributed by atoms with Crippen molar-refractivity contribution >= 4 is 17.3 Å². The van der Waals surface area contributed by atoms with Gasteiger partial charge in [0.05, 0.1) is 12.2 Å². The van der Waals surface area contributed by atoms with Crippen LogP contribution in [-0.4, -0.2) is 25.2 Å². The first kappa shape index (κ1) is 9.85. The maximum atomic E-state index is 5.76. The minimum atomic E-state index is 0.354. The van der Waals surface area contributed by atoms with Gasteiger partial charge in [-0.3, -0.25) is 0 Å². The second kappa shape index (κ2) is 3.82. The van der Waals surface area contributed by atoms with E-state index in [4.69, 9.17) is 17.3 Å². The zero-order valence-electron chi connectivity index (χ0n) is 8.05. The molecule has 0 aliphatic heterocycles. The lowest BCUT2D eigenvalue weighted by Gasteiger charge is -1.99. The molecule has 0 saturated carbocycles. The molecule has 0 aromatic carbocycles. The Hall–Kier alpha value is -1.69. The van der Waals surface area contributed by atoms with Gasteiger partial charge in [0.25, 0.3) is 0 Å². The molecule has 2 aromatic heterocycles. The highest BCUT2D eigenvalue weighted by molar-refractivity contribution is 6.29. The number of nitrogen functional groups attached to an aromatic ring is 1. The van der Waals surface area contributed by atoms with Gasteiger partial charge in [-0.2, -0.15) is 4.80 Å². The highest BCUT2D eigenvalue weighted by Gasteiger charge is 2.11. The molecule has 0 aliphatic carbocycles. The van der Waals surface area contributed by atoms with E-state index in [9.17, 15) is 0 Å². The van der Waals surface area contributed by atoms with Crippen molar-refractivity contribution in [2.24, 2.45) is 0 Å². The van der Waals surface area contributed by atoms with Gasteiger partial charge in [-0.15, -0.1) is 10.2 Å². The van der Waals surface area contributed by atoms with Crippen molar-refractivity contribution in [2.45, 2.75) is 13.5 Å². The summed E-state index contributed by atoms with van der Waals surface area (Å²) >= 11 is 5.76. The average molecular weight is 225 g/mol. The number of hydrogen-bond acceptors (Lipinski definition) is 5. The third-order valence-corrected chi connectivity index (χ3v) is 2.05. The van der Waals surface area contributed by atoms with Crippen LogP contribution in [0.1, 0.15) is 6.92 Å². The summed E-state index contributed by atoms with van der Waals surface area (Å²) < 4.78 is 0. The van der Waals surface area contributed by atoms with Gasteiger partial charge < -0.3 is 5.73 Å². The quantitative estimate of drug-likeness (QED) is 0.770. The number of aromatic nitrogens is 5. The van der Waals surface area contributed by atoms with Crippen molar-refractivity contribution in [2.75, 3.05) is 5.73 Å². The van der Waals surface area contributed by atoms with Gasteiger partial charge in [-0.1, -0.05) is 11.6 Å². The van der Waals surface area contributed by atoms with Gasteiger partial charge in [0, 0.05) is 0 Å². The molecular formula is C8H9ClN6. The number of tetrazole rings is 1. The van der Waals surface area contributed by atoms with Crippen LogP contribution in [0.25, 0.3) is 11.5 Å². The lowest BCUT2D eigenvalue weighted by molar-refractivity contribution is 0.552. The maximum absolute atomic E-state index is 5.76. The van der Waals surface area contributed by atoms with E-state index in [2.05, 4.69) is 20.4 Å². The lowest BCUT2D eigenvalue weighted by atomic mass is 10.3. The summed E-state index contributed by atoms with van der Waals surface area (Å²) in [5, 5.41) is 12.1. The molecule has 2 N–H and O–H groups in total. The van der Waals surface area contributed by atoms with E-state index < -0.39 is 0 Å². The molecule has 0 radical (unpaired) electrons. The zero-order valence-corrected chi connectivity index (χ0v) is 8.81. The fourth-order valence-corrected chi connectivity index (χ4v) is 1.24. The van der Waals surface area contributed by atoms with Crippen LogP contribution in [-0.2, 0) is 6.54 Å². The number of anilines is 1. The van der Waals surface area contributed by atoms with Gasteiger partial charge in [-0.05, 0) is 24.3 Å². The largest absolute Gasteiger partial charge is 0.397 e. The number of rotatable bonds is 2. The molecule has 2 rings (SSSR count). The summed E-state index contributed by atoms with van der Waals surface area (Å²) in [6.07, 6.45) is 0. The number of halogens is 1. The van der Waals surface area contributed by atoms with E-state index in [0.29, 0.717) is 28.9 Å². The van der Waals surface area contributed by atoms with Gasteiger partial charge in [0.2, 0.25) is 5.82 Å². The fraction of sp³-hybridized carbons (Fsp3) is 0.250. The molecule has 7 heteroatoms. The molecule has 0 atom stereocenters. The Morgan fingerprint density at radius 3 is 2.93 bits per heavy atom. The summed E-state index contributed by atoms with van der Waals surface area (Å²) in [5.41, 5.74) is 6.68. The fourth-order valence-electron chi connectivity index (χ4n) is 1.10. The van der Waals surface area contributed by atoms with Gasteiger partial charge >= 0.3 is 0 Å². The minimum absolute atomic E-state index is 0.354. The van der Waals surface area contributed by atoms with E-state index in [1.165, 1.54) is 4.80 Å². The molecule has 0 spiro atoms. The van der Waals surface area contributed by atoms with Gasteiger partial charge in [0.15, 0.2) is 0 Å². The van der Waals surface area contributed by atoms with Crippen LogP contribution < -0.4 is 5.73 Å². The number of hydrogen-bond donors (Lipinski definition) is 1. The number of nitrogens with two attached hydrogens (primary N) is 1. The number of nitrogens with zero attached hydrogens (tertiary/aromatic N) is 5. The summed E-state index contributed by atoms with van der Waals surface area (Å²) in [4.78, 5) is 5.51. The summed E-state index contributed by atoms with van der Waals surface area (Å²) in [5.74, 6) is 0.386. The Morgan fingerprint density at radius 1 is 1.47 bits per heavy atom. The molecule has 6 nitrogen and oxygen atoms in total. The Bertz CT molecular complexity index is 480. The van der Waals surface area contributed by atoms with Crippen molar-refractivity contribution in [1.29, 1.82) is 0 Å². The Morgan fingerprint density at radius 2 is 2.27 bits per heavy atom. The van der Waals surface area contributed by atoms with E-state index in [-0.39, 0.29) is 0 Å². The van der Waals surface area contributed by atoms with E-state index in [0.717, 1.165) is 0 Å². The molecule has 78 valence electrons. The molecule has 0 unspecified atom stereocenters. The minimum Gasteiger partial charge on any atom is -0.397 e. The Labute approximate surface area is 91.1 Å². The van der Waals surface area contributed by atoms with Crippen LogP contribution in [0.5, 0.6) is 0 Å². The standard InChI is InChI=1S/C8H9ClN6/c1-2-15-13-8(12-14-15)7-5(10)3-4-6(9)11-7/h3-4H,2,10H2,1H3. The van der Waals surface area contributed by atoms with Crippen molar-refractivity contribution in [1.82, 2.24) is 25.2 Å². The van der Waals surface area contributed by atoms with Crippen LogP contribution in [0.4, 0.5) is 5.69 Å². The summed E-state index contributed by atoms with van der Waals surface area (Å²) in [6.45, 7) is 2.56. The molecule has 2 heterocycles. The Kier molecular flexibility index (Phi) is 2.51. The van der Waals surface area contributed by atoms with Gasteiger partial charge in [0.1, 0.15) is 10.8 Å². The van der Waals surface area contributed by atoms with Crippen molar-refractivity contribution in [3.63, 3.8) is 0 Å². The monoisotopic (exact) mass is 224 g/mol. The predicted molar refractivity (Wildman–Crippen MR) is 56.1 cm³/mol. The highest BCUT2D eigenvalue weighted by atomic mass is 35.5. The molecule has 0 bridgehead atoms. The zero-order chi connectivity index (χ0) is 10.8. The van der Waals surface area contributed by atoms with Crippen molar-refractivity contribution < 1.29 is 0 Å². The molecule has 0 amide bonds. The molecule has 0 aliphatic rings. The van der Waals surface area contributed by atoms with E-state index in [1.807, 2.05) is 6.92 Å². The van der Waals surface area contributed by atoms with Gasteiger partial charge in [-0.25, -0.2) is 4.98 Å². The van der Waals surface area contributed by atoms with Crippen LogP contribution in [0.15, 0.2) is 12.1 Å². The van der Waals surface area contributed by atoms with E-state index >= 15 is 0 Å². The molecule has 2 aromatic rings. The summed E-state index contributed by atoms with van der Waals surface area (Å²) in [6, 6.07) is 3.28. The topological polar surface area (TPSA) is 82.5 Å². The predicted octanol–water partition coefficient (Wildman–Crippen LogP) is 0.991. The van der Waals surface area contributed by atoms with Crippen molar-refractivity contribution in [3.8, 4) is 11.5 Å². The van der Waals surface area contributed by atoms with Crippen LogP contribution in [0, 0.1) is 0 Å². The third kappa shape index (κ3) is 1.89. The average Bonchev–Trinajstić information content (AvgIpc) is 2.70. The first-order chi connectivity index (χ1) is 7.20. The molecular weight excluding hydrogens is 216 g/mol. The highest BCUT2D eigenvalue weighted by Crippen LogP contribution is 2.21. The SMILES string of the molecule is CCn1nnc(-c2nc(Cl)ccc2N)n1. The third-order valence-electron chi connectivity index (χ3n) is 1.84. The first-order valence-electron chi connectivity index (χ1n) is 4.41. The second-order valence-electron chi connectivity index (χ2n) is 2.87. The van der Waals surface area contributed by atoms with Crippen LogP contribution in [0.2, 0.25) is 5.15 Å². The van der Waals surface area contributed by atoms with Crippen LogP contribution >= 0.6 is 11.6 Å². The lowest BCUT2D eigenvalue weighted by Crippen LogP contribution is -1.99.